The molecular formula is C28H51O10P. The van der Waals surface area contributed by atoms with Gasteiger partial charge in [-0.1, -0.05) is 70.3 Å². The van der Waals surface area contributed by atoms with Crippen LogP contribution in [0.1, 0.15) is 104 Å². The number of hydrogen-bond donors (Lipinski definition) is 3. The van der Waals surface area contributed by atoms with E-state index in [0.29, 0.717) is 12.8 Å². The normalized spacial score (nSPS) is 14.9. The highest BCUT2D eigenvalue weighted by Gasteiger charge is 2.27. The number of ether oxygens (including phenoxy) is 2. The number of aliphatic hydroxyl groups excluding tert-OH is 2. The van der Waals surface area contributed by atoms with Gasteiger partial charge in [0.2, 0.25) is 0 Å². The first-order chi connectivity index (χ1) is 18.7. The van der Waals surface area contributed by atoms with Gasteiger partial charge in [0.25, 0.3) is 0 Å². The lowest BCUT2D eigenvalue weighted by atomic mass is 10.1. The Labute approximate surface area is 234 Å². The van der Waals surface area contributed by atoms with E-state index >= 15 is 0 Å². The van der Waals surface area contributed by atoms with Crippen molar-refractivity contribution >= 4 is 19.8 Å². The van der Waals surface area contributed by atoms with Crippen molar-refractivity contribution in [1.29, 1.82) is 0 Å². The number of carbonyl (C=O) groups excluding carboxylic acids is 2. The molecule has 3 unspecified atom stereocenters. The van der Waals surface area contributed by atoms with Crippen molar-refractivity contribution in [2.24, 2.45) is 0 Å². The molecule has 3 N–H and O–H groups in total. The Morgan fingerprint density at radius 1 is 0.769 bits per heavy atom. The number of allylic oxidation sites excluding steroid dienone is 4. The number of rotatable bonds is 26. The molecule has 0 saturated heterocycles. The van der Waals surface area contributed by atoms with Crippen LogP contribution in [-0.4, -0.2) is 65.7 Å². The van der Waals surface area contributed by atoms with Gasteiger partial charge < -0.3 is 24.6 Å². The molecule has 3 atom stereocenters. The molecule has 11 heteroatoms. The molecule has 0 spiro atoms. The van der Waals surface area contributed by atoms with E-state index in [-0.39, 0.29) is 19.4 Å². The molecule has 0 aliphatic heterocycles. The molecule has 0 saturated carbocycles. The average molecular weight is 579 g/mol. The van der Waals surface area contributed by atoms with Crippen LogP contribution in [0.2, 0.25) is 0 Å². The Balaban J connectivity index is 4.23. The smallest absolute Gasteiger partial charge is 0.462 e. The van der Waals surface area contributed by atoms with Crippen molar-refractivity contribution in [3.63, 3.8) is 0 Å². The SMILES string of the molecule is CCCCC/C=C\C/C=C\CCCCCCCC(=O)OC(COC(=O)CCC)COP(=O)(O)OCC(O)CO. The van der Waals surface area contributed by atoms with Gasteiger partial charge in [-0.05, 0) is 44.9 Å². The monoisotopic (exact) mass is 578 g/mol. The van der Waals surface area contributed by atoms with Gasteiger partial charge in [0, 0.05) is 12.8 Å². The average Bonchev–Trinajstić information content (AvgIpc) is 2.91. The van der Waals surface area contributed by atoms with Crippen molar-refractivity contribution in [3.8, 4) is 0 Å². The summed E-state index contributed by atoms with van der Waals surface area (Å²) in [4.78, 5) is 33.7. The standard InChI is InChI=1S/C28H51O10P/c1-3-5-6-7-8-9-10-11-12-13-14-15-16-17-18-20-28(32)38-26(23-35-27(31)19-4-2)24-37-39(33,34)36-22-25(30)21-29/h8-9,11-12,25-26,29-30H,3-7,10,13-24H2,1-2H3,(H,33,34)/b9-8-,12-11-. The van der Waals surface area contributed by atoms with Crippen LogP contribution in [0.5, 0.6) is 0 Å². The van der Waals surface area contributed by atoms with E-state index in [1.807, 2.05) is 6.92 Å². The highest BCUT2D eigenvalue weighted by Crippen LogP contribution is 2.43. The quantitative estimate of drug-likeness (QED) is 0.0517. The molecule has 0 bridgehead atoms. The predicted molar refractivity (Wildman–Crippen MR) is 150 cm³/mol. The number of aliphatic hydroxyl groups is 2. The van der Waals surface area contributed by atoms with E-state index < -0.39 is 51.8 Å². The molecule has 39 heavy (non-hydrogen) atoms. The summed E-state index contributed by atoms with van der Waals surface area (Å²) < 4.78 is 31.7. The summed E-state index contributed by atoms with van der Waals surface area (Å²) in [6.07, 6.45) is 19.1. The zero-order chi connectivity index (χ0) is 29.2. The van der Waals surface area contributed by atoms with Gasteiger partial charge in [0.05, 0.1) is 19.8 Å². The van der Waals surface area contributed by atoms with Gasteiger partial charge >= 0.3 is 19.8 Å². The third kappa shape index (κ3) is 25.2. The van der Waals surface area contributed by atoms with Crippen molar-refractivity contribution in [1.82, 2.24) is 0 Å². The topological polar surface area (TPSA) is 149 Å². The Bertz CT molecular complexity index is 725. The van der Waals surface area contributed by atoms with Crippen LogP contribution >= 0.6 is 7.82 Å². The van der Waals surface area contributed by atoms with E-state index in [2.05, 4.69) is 35.8 Å². The summed E-state index contributed by atoms with van der Waals surface area (Å²) >= 11 is 0. The molecule has 0 fully saturated rings. The van der Waals surface area contributed by atoms with E-state index in [0.717, 1.165) is 44.9 Å². The molecule has 0 heterocycles. The Kier molecular flexibility index (Phi) is 24.4. The molecular weight excluding hydrogens is 527 g/mol. The number of unbranched alkanes of at least 4 members (excludes halogenated alkanes) is 8. The third-order valence-electron chi connectivity index (χ3n) is 5.58. The fourth-order valence-electron chi connectivity index (χ4n) is 3.35. The minimum absolute atomic E-state index is 0.167. The maximum absolute atomic E-state index is 12.3. The molecule has 0 aliphatic carbocycles. The van der Waals surface area contributed by atoms with Gasteiger partial charge in [-0.25, -0.2) is 4.57 Å². The fraction of sp³-hybridized carbons (Fsp3) is 0.786. The first kappa shape index (κ1) is 37.5. The maximum atomic E-state index is 12.3. The van der Waals surface area contributed by atoms with E-state index in [4.69, 9.17) is 19.1 Å². The molecule has 0 aromatic heterocycles. The number of carbonyl (C=O) groups is 2. The van der Waals surface area contributed by atoms with Crippen LogP contribution in [0.3, 0.4) is 0 Å². The van der Waals surface area contributed by atoms with Gasteiger partial charge in [0.15, 0.2) is 6.10 Å². The van der Waals surface area contributed by atoms with Gasteiger partial charge in [-0.15, -0.1) is 0 Å². The summed E-state index contributed by atoms with van der Waals surface area (Å²) in [5, 5.41) is 18.0. The van der Waals surface area contributed by atoms with Crippen molar-refractivity contribution < 1.29 is 47.8 Å². The van der Waals surface area contributed by atoms with Gasteiger partial charge in [-0.3, -0.25) is 18.6 Å². The molecule has 0 amide bonds. The second kappa shape index (κ2) is 25.4. The fourth-order valence-corrected chi connectivity index (χ4v) is 4.14. The third-order valence-corrected chi connectivity index (χ3v) is 6.53. The minimum Gasteiger partial charge on any atom is -0.462 e. The second-order valence-corrected chi connectivity index (χ2v) is 10.9. The summed E-state index contributed by atoms with van der Waals surface area (Å²) in [6, 6.07) is 0. The van der Waals surface area contributed by atoms with E-state index in [9.17, 15) is 24.2 Å². The van der Waals surface area contributed by atoms with Gasteiger partial charge in [-0.2, -0.15) is 0 Å². The van der Waals surface area contributed by atoms with E-state index in [1.54, 1.807) is 0 Å². The van der Waals surface area contributed by atoms with Crippen LogP contribution in [0.4, 0.5) is 0 Å². The predicted octanol–water partition coefficient (Wildman–Crippen LogP) is 5.54. The largest absolute Gasteiger partial charge is 0.472 e. The summed E-state index contributed by atoms with van der Waals surface area (Å²) in [5.41, 5.74) is 0. The van der Waals surface area contributed by atoms with Gasteiger partial charge in [0.1, 0.15) is 12.7 Å². The number of hydrogen-bond acceptors (Lipinski definition) is 9. The zero-order valence-corrected chi connectivity index (χ0v) is 24.7. The number of phosphoric acid groups is 1. The zero-order valence-electron chi connectivity index (χ0n) is 23.8. The molecule has 0 aromatic rings. The van der Waals surface area contributed by atoms with Crippen molar-refractivity contribution in [2.45, 2.75) is 116 Å². The Morgan fingerprint density at radius 2 is 1.38 bits per heavy atom. The maximum Gasteiger partial charge on any atom is 0.472 e. The van der Waals surface area contributed by atoms with Crippen LogP contribution in [0.25, 0.3) is 0 Å². The lowest BCUT2D eigenvalue weighted by molar-refractivity contribution is -0.161. The summed E-state index contributed by atoms with van der Waals surface area (Å²) in [5.74, 6) is -1.01. The summed E-state index contributed by atoms with van der Waals surface area (Å²) in [7, 11) is -4.58. The first-order valence-corrected chi connectivity index (χ1v) is 15.8. The molecule has 10 nitrogen and oxygen atoms in total. The molecule has 0 radical (unpaired) electrons. The summed E-state index contributed by atoms with van der Waals surface area (Å²) in [6.45, 7) is 1.88. The van der Waals surface area contributed by atoms with Crippen LogP contribution in [0, 0.1) is 0 Å². The molecule has 228 valence electrons. The Hall–Kier alpha value is -1.55. The lowest BCUT2D eigenvalue weighted by Gasteiger charge is -2.20. The van der Waals surface area contributed by atoms with Crippen LogP contribution < -0.4 is 0 Å². The molecule has 0 aromatic carbocycles. The highest BCUT2D eigenvalue weighted by molar-refractivity contribution is 7.47. The number of esters is 2. The van der Waals surface area contributed by atoms with Crippen molar-refractivity contribution in [3.05, 3.63) is 24.3 Å². The highest BCUT2D eigenvalue weighted by atomic mass is 31.2. The molecule has 0 rings (SSSR count). The van der Waals surface area contributed by atoms with E-state index in [1.165, 1.54) is 19.3 Å². The van der Waals surface area contributed by atoms with Crippen LogP contribution in [-0.2, 0) is 32.7 Å². The first-order valence-electron chi connectivity index (χ1n) is 14.3. The minimum atomic E-state index is -4.58. The Morgan fingerprint density at radius 3 is 2.03 bits per heavy atom. The number of phosphoric ester groups is 1. The lowest BCUT2D eigenvalue weighted by Crippen LogP contribution is -2.29. The van der Waals surface area contributed by atoms with Crippen molar-refractivity contribution in [2.75, 3.05) is 26.4 Å². The molecule has 0 aliphatic rings. The second-order valence-electron chi connectivity index (χ2n) is 9.42. The van der Waals surface area contributed by atoms with Crippen LogP contribution in [0.15, 0.2) is 24.3 Å².